The van der Waals surface area contributed by atoms with E-state index in [4.69, 9.17) is 5.11 Å². The van der Waals surface area contributed by atoms with Crippen LogP contribution in [0, 0.1) is 0 Å². The van der Waals surface area contributed by atoms with Crippen molar-refractivity contribution in [1.82, 2.24) is 0 Å². The zero-order valence-electron chi connectivity index (χ0n) is 13.4. The topological polar surface area (TPSA) is 64.0 Å². The Morgan fingerprint density at radius 1 is 0.958 bits per heavy atom. The SMILES string of the molecule is C/C(=C\C(=O)O)[P+]1(O)N(c2ccccc2)CCN1c1ccccc1. The Morgan fingerprint density at radius 3 is 1.75 bits per heavy atom. The molecule has 0 aliphatic carbocycles. The van der Waals surface area contributed by atoms with Crippen molar-refractivity contribution in [2.75, 3.05) is 22.4 Å². The maximum absolute atomic E-state index is 11.7. The van der Waals surface area contributed by atoms with Crippen molar-refractivity contribution >= 4 is 25.1 Å². The van der Waals surface area contributed by atoms with Crippen LogP contribution in [-0.4, -0.2) is 29.1 Å². The number of benzene rings is 2. The van der Waals surface area contributed by atoms with Gasteiger partial charge in [0.2, 0.25) is 0 Å². The molecule has 0 aromatic heterocycles. The summed E-state index contributed by atoms with van der Waals surface area (Å²) in [7, 11) is -2.98. The van der Waals surface area contributed by atoms with Gasteiger partial charge in [0.1, 0.15) is 0 Å². The molecule has 0 unspecified atom stereocenters. The minimum Gasteiger partial charge on any atom is -0.478 e. The van der Waals surface area contributed by atoms with E-state index in [1.807, 2.05) is 70.0 Å². The van der Waals surface area contributed by atoms with Crippen LogP contribution in [0.3, 0.4) is 0 Å². The van der Waals surface area contributed by atoms with Gasteiger partial charge in [-0.15, -0.1) is 0 Å². The Kier molecular flexibility index (Phi) is 4.56. The van der Waals surface area contributed by atoms with Crippen molar-refractivity contribution in [3.8, 4) is 0 Å². The Balaban J connectivity index is 2.10. The molecule has 2 N–H and O–H groups in total. The van der Waals surface area contributed by atoms with E-state index in [1.54, 1.807) is 6.92 Å². The van der Waals surface area contributed by atoms with Gasteiger partial charge in [0.15, 0.2) is 5.31 Å². The third-order valence-corrected chi connectivity index (χ3v) is 7.39. The predicted octanol–water partition coefficient (Wildman–Crippen LogP) is 3.76. The summed E-state index contributed by atoms with van der Waals surface area (Å²) >= 11 is 0. The first-order valence-electron chi connectivity index (χ1n) is 7.73. The maximum atomic E-state index is 11.7. The highest BCUT2D eigenvalue weighted by molar-refractivity contribution is 7.77. The molecule has 1 aliphatic rings. The first-order chi connectivity index (χ1) is 11.5. The number of hydrogen-bond donors (Lipinski definition) is 2. The number of para-hydroxylation sites is 2. The zero-order chi connectivity index (χ0) is 17.2. The third kappa shape index (κ3) is 2.88. The summed E-state index contributed by atoms with van der Waals surface area (Å²) in [4.78, 5) is 22.9. The highest BCUT2D eigenvalue weighted by Gasteiger charge is 2.58. The van der Waals surface area contributed by atoms with Gasteiger partial charge < -0.3 is 5.11 Å². The van der Waals surface area contributed by atoms with Gasteiger partial charge in [-0.1, -0.05) is 36.4 Å². The molecule has 5 nitrogen and oxygen atoms in total. The van der Waals surface area contributed by atoms with E-state index in [1.165, 1.54) is 0 Å². The molecular weight excluding hydrogens is 323 g/mol. The second-order valence-corrected chi connectivity index (χ2v) is 8.42. The minimum atomic E-state index is -2.98. The number of nitrogens with zero attached hydrogens (tertiary/aromatic N) is 2. The highest BCUT2D eigenvalue weighted by Crippen LogP contribution is 2.71. The first-order valence-corrected chi connectivity index (χ1v) is 9.38. The van der Waals surface area contributed by atoms with E-state index < -0.39 is 13.8 Å². The van der Waals surface area contributed by atoms with E-state index >= 15 is 0 Å². The van der Waals surface area contributed by atoms with E-state index in [9.17, 15) is 9.69 Å². The fourth-order valence-electron chi connectivity index (χ4n) is 3.03. The number of hydrogen-bond acceptors (Lipinski definition) is 4. The lowest BCUT2D eigenvalue weighted by atomic mass is 10.3. The smallest absolute Gasteiger partial charge is 0.362 e. The molecule has 0 spiro atoms. The van der Waals surface area contributed by atoms with E-state index in [0.29, 0.717) is 18.4 Å². The molecule has 1 aliphatic heterocycles. The van der Waals surface area contributed by atoms with Gasteiger partial charge in [-0.05, 0) is 24.3 Å². The van der Waals surface area contributed by atoms with Crippen molar-refractivity contribution in [3.63, 3.8) is 0 Å². The standard InChI is InChI=1S/C18H19N2O3P/c1-15(14-18(21)22)24(23)19(16-8-4-2-5-9-16)12-13-20(24)17-10-6-3-7-11-17/h2-11,14,23H,12-13H2,1H3/p+1/b15-14+. The number of carbonyl (C=O) groups is 1. The van der Waals surface area contributed by atoms with Crippen LogP contribution < -0.4 is 9.34 Å². The molecule has 0 radical (unpaired) electrons. The number of carboxylic acid groups (broad SMARTS) is 1. The van der Waals surface area contributed by atoms with Gasteiger partial charge in [-0.25, -0.2) is 4.79 Å². The molecule has 3 rings (SSSR count). The van der Waals surface area contributed by atoms with Crippen LogP contribution in [0.2, 0.25) is 0 Å². The Morgan fingerprint density at radius 2 is 1.38 bits per heavy atom. The molecule has 0 amide bonds. The van der Waals surface area contributed by atoms with E-state index in [0.717, 1.165) is 17.5 Å². The van der Waals surface area contributed by atoms with Crippen molar-refractivity contribution in [2.24, 2.45) is 0 Å². The monoisotopic (exact) mass is 343 g/mol. The largest absolute Gasteiger partial charge is 0.478 e. The Labute approximate surface area is 142 Å². The predicted molar refractivity (Wildman–Crippen MR) is 98.1 cm³/mol. The molecule has 2 aromatic rings. The quantitative estimate of drug-likeness (QED) is 0.654. The molecule has 0 atom stereocenters. The molecule has 24 heavy (non-hydrogen) atoms. The molecule has 1 saturated heterocycles. The van der Waals surface area contributed by atoms with Crippen molar-refractivity contribution < 1.29 is 14.8 Å². The number of carboxylic acids is 1. The Hall–Kier alpha value is -2.36. The van der Waals surface area contributed by atoms with Crippen LogP contribution in [0.4, 0.5) is 11.4 Å². The lowest BCUT2D eigenvalue weighted by Crippen LogP contribution is -2.25. The normalized spacial score (nSPS) is 17.2. The summed E-state index contributed by atoms with van der Waals surface area (Å²) in [6, 6.07) is 19.3. The van der Waals surface area contributed by atoms with Gasteiger partial charge in [0, 0.05) is 6.92 Å². The molecule has 2 aromatic carbocycles. The van der Waals surface area contributed by atoms with Gasteiger partial charge >= 0.3 is 13.8 Å². The fourth-order valence-corrected chi connectivity index (χ4v) is 5.98. The van der Waals surface area contributed by atoms with E-state index in [2.05, 4.69) is 0 Å². The summed E-state index contributed by atoms with van der Waals surface area (Å²) in [6.07, 6.45) is 1.12. The number of aliphatic carboxylic acids is 1. The van der Waals surface area contributed by atoms with Gasteiger partial charge in [-0.3, -0.25) is 0 Å². The lowest BCUT2D eigenvalue weighted by Gasteiger charge is -2.31. The Bertz CT molecular complexity index is 702. The summed E-state index contributed by atoms with van der Waals surface area (Å²) in [5.74, 6) is -1.05. The number of allylic oxidation sites excluding steroid dienone is 1. The average Bonchev–Trinajstić information content (AvgIpc) is 2.94. The van der Waals surface area contributed by atoms with Gasteiger partial charge in [-0.2, -0.15) is 14.2 Å². The summed E-state index contributed by atoms with van der Waals surface area (Å²) in [5, 5.41) is 9.64. The molecular formula is C18H20N2O3P+. The third-order valence-electron chi connectivity index (χ3n) is 4.11. The van der Waals surface area contributed by atoms with Crippen LogP contribution in [0.25, 0.3) is 0 Å². The molecule has 0 bridgehead atoms. The maximum Gasteiger partial charge on any atom is 0.362 e. The average molecular weight is 343 g/mol. The summed E-state index contributed by atoms with van der Waals surface area (Å²) in [5.41, 5.74) is 1.79. The van der Waals surface area contributed by atoms with Gasteiger partial charge in [0.25, 0.3) is 0 Å². The van der Waals surface area contributed by atoms with Crippen molar-refractivity contribution in [2.45, 2.75) is 6.92 Å². The number of anilines is 2. The summed E-state index contributed by atoms with van der Waals surface area (Å²) in [6.45, 7) is 2.96. The molecule has 1 heterocycles. The first kappa shape index (κ1) is 16.5. The minimum absolute atomic E-state index is 0.472. The second kappa shape index (κ2) is 6.63. The lowest BCUT2D eigenvalue weighted by molar-refractivity contribution is -0.131. The van der Waals surface area contributed by atoms with Crippen LogP contribution >= 0.6 is 7.79 Å². The fraction of sp³-hybridized carbons (Fsp3) is 0.167. The molecule has 6 heteroatoms. The zero-order valence-corrected chi connectivity index (χ0v) is 14.3. The molecule has 124 valence electrons. The van der Waals surface area contributed by atoms with Crippen LogP contribution in [0.15, 0.2) is 72.1 Å². The molecule has 1 fully saturated rings. The second-order valence-electron chi connectivity index (χ2n) is 5.61. The van der Waals surface area contributed by atoms with Crippen LogP contribution in [0.1, 0.15) is 6.92 Å². The van der Waals surface area contributed by atoms with Crippen LogP contribution in [0.5, 0.6) is 0 Å². The van der Waals surface area contributed by atoms with E-state index in [-0.39, 0.29) is 0 Å². The van der Waals surface area contributed by atoms with Gasteiger partial charge in [0.05, 0.1) is 30.5 Å². The number of rotatable bonds is 4. The molecule has 0 saturated carbocycles. The van der Waals surface area contributed by atoms with Crippen molar-refractivity contribution in [1.29, 1.82) is 0 Å². The highest BCUT2D eigenvalue weighted by atomic mass is 31.2. The van der Waals surface area contributed by atoms with Crippen LogP contribution in [-0.2, 0) is 4.79 Å². The summed E-state index contributed by atoms with van der Waals surface area (Å²) < 4.78 is 3.88. The van der Waals surface area contributed by atoms with Crippen molar-refractivity contribution in [3.05, 3.63) is 72.1 Å².